The van der Waals surface area contributed by atoms with Gasteiger partial charge in [0.2, 0.25) is 0 Å². The minimum Gasteiger partial charge on any atom is -0.448 e. The van der Waals surface area contributed by atoms with Crippen molar-refractivity contribution in [1.82, 2.24) is 4.90 Å². The molecule has 4 rings (SSSR count). The van der Waals surface area contributed by atoms with Gasteiger partial charge in [-0.2, -0.15) is 0 Å². The highest BCUT2D eigenvalue weighted by atomic mass is 16.6. The number of ether oxygens (including phenoxy) is 1. The summed E-state index contributed by atoms with van der Waals surface area (Å²) in [6.45, 7) is 2.10. The SMILES string of the molecule is CC(=O)OC(CN1C2CCC1CC(O)C2)(c1ccccc1)c1ccccc1. The van der Waals surface area contributed by atoms with Crippen LogP contribution in [0.15, 0.2) is 60.7 Å². The smallest absolute Gasteiger partial charge is 0.303 e. The Bertz CT molecular complexity index is 723. The third-order valence-electron chi connectivity index (χ3n) is 6.06. The molecule has 27 heavy (non-hydrogen) atoms. The fourth-order valence-corrected chi connectivity index (χ4v) is 4.92. The van der Waals surface area contributed by atoms with Crippen LogP contribution in [-0.4, -0.2) is 40.7 Å². The van der Waals surface area contributed by atoms with Crippen LogP contribution >= 0.6 is 0 Å². The van der Waals surface area contributed by atoms with Gasteiger partial charge < -0.3 is 9.84 Å². The van der Waals surface area contributed by atoms with E-state index in [2.05, 4.69) is 4.90 Å². The number of aliphatic hydroxyl groups is 1. The van der Waals surface area contributed by atoms with Crippen LogP contribution in [0.2, 0.25) is 0 Å². The molecule has 2 aliphatic rings. The molecule has 2 saturated heterocycles. The van der Waals surface area contributed by atoms with Crippen LogP contribution in [0.5, 0.6) is 0 Å². The molecular weight excluding hydrogens is 338 g/mol. The monoisotopic (exact) mass is 365 g/mol. The molecule has 2 bridgehead atoms. The molecule has 0 aromatic heterocycles. The molecule has 2 fully saturated rings. The number of hydrogen-bond donors (Lipinski definition) is 1. The van der Waals surface area contributed by atoms with Gasteiger partial charge >= 0.3 is 5.97 Å². The fourth-order valence-electron chi connectivity index (χ4n) is 4.92. The predicted molar refractivity (Wildman–Crippen MR) is 104 cm³/mol. The van der Waals surface area contributed by atoms with E-state index < -0.39 is 5.60 Å². The highest BCUT2D eigenvalue weighted by Gasteiger charge is 2.47. The van der Waals surface area contributed by atoms with E-state index in [4.69, 9.17) is 4.74 Å². The molecular formula is C23H27NO3. The second kappa shape index (κ2) is 7.45. The lowest BCUT2D eigenvalue weighted by Gasteiger charge is -2.44. The predicted octanol–water partition coefficient (Wildman–Crippen LogP) is 3.48. The summed E-state index contributed by atoms with van der Waals surface area (Å²) in [6.07, 6.45) is 3.59. The number of carbonyl (C=O) groups excluding carboxylic acids is 1. The first-order valence-corrected chi connectivity index (χ1v) is 9.83. The molecule has 2 atom stereocenters. The Morgan fingerprint density at radius 3 is 1.93 bits per heavy atom. The summed E-state index contributed by atoms with van der Waals surface area (Å²) in [4.78, 5) is 14.7. The van der Waals surface area contributed by atoms with Crippen LogP contribution in [0.1, 0.15) is 43.7 Å². The maximum Gasteiger partial charge on any atom is 0.303 e. The van der Waals surface area contributed by atoms with Gasteiger partial charge in [-0.1, -0.05) is 60.7 Å². The number of carbonyl (C=O) groups is 1. The van der Waals surface area contributed by atoms with Crippen molar-refractivity contribution in [2.24, 2.45) is 0 Å². The third kappa shape index (κ3) is 3.52. The zero-order chi connectivity index (χ0) is 18.9. The Morgan fingerprint density at radius 1 is 1.00 bits per heavy atom. The number of hydrogen-bond acceptors (Lipinski definition) is 4. The maximum atomic E-state index is 12.2. The van der Waals surface area contributed by atoms with Crippen molar-refractivity contribution in [3.63, 3.8) is 0 Å². The van der Waals surface area contributed by atoms with E-state index >= 15 is 0 Å². The van der Waals surface area contributed by atoms with E-state index in [1.807, 2.05) is 60.7 Å². The lowest BCUT2D eigenvalue weighted by molar-refractivity contribution is -0.157. The van der Waals surface area contributed by atoms with Crippen molar-refractivity contribution in [2.75, 3.05) is 6.54 Å². The first-order valence-electron chi connectivity index (χ1n) is 9.83. The molecule has 0 amide bonds. The van der Waals surface area contributed by atoms with E-state index in [0.29, 0.717) is 18.6 Å². The van der Waals surface area contributed by atoms with Crippen LogP contribution in [-0.2, 0) is 15.1 Å². The Hall–Kier alpha value is -2.17. The molecule has 2 unspecified atom stereocenters. The molecule has 2 heterocycles. The van der Waals surface area contributed by atoms with Crippen LogP contribution in [0, 0.1) is 0 Å². The molecule has 0 radical (unpaired) electrons. The van der Waals surface area contributed by atoms with Gasteiger partial charge in [0.05, 0.1) is 6.10 Å². The average molecular weight is 365 g/mol. The number of aliphatic hydroxyl groups excluding tert-OH is 1. The van der Waals surface area contributed by atoms with Gasteiger partial charge in [0.15, 0.2) is 5.60 Å². The third-order valence-corrected chi connectivity index (χ3v) is 6.06. The molecule has 2 aliphatic heterocycles. The van der Waals surface area contributed by atoms with Crippen molar-refractivity contribution < 1.29 is 14.6 Å². The van der Waals surface area contributed by atoms with Crippen molar-refractivity contribution >= 4 is 5.97 Å². The van der Waals surface area contributed by atoms with Crippen molar-refractivity contribution in [2.45, 2.75) is 56.4 Å². The van der Waals surface area contributed by atoms with Gasteiger partial charge in [-0.05, 0) is 25.7 Å². The standard InChI is InChI=1S/C23H27NO3/c1-17(25)27-23(18-8-4-2-5-9-18,19-10-6-3-7-11-19)16-24-20-12-13-21(24)15-22(26)14-20/h2-11,20-22,26H,12-16H2,1H3. The van der Waals surface area contributed by atoms with Crippen molar-refractivity contribution in [3.8, 4) is 0 Å². The summed E-state index contributed by atoms with van der Waals surface area (Å²) in [5.74, 6) is -0.285. The number of benzene rings is 2. The van der Waals surface area contributed by atoms with Crippen LogP contribution < -0.4 is 0 Å². The van der Waals surface area contributed by atoms with Gasteiger partial charge in [-0.25, -0.2) is 0 Å². The number of fused-ring (bicyclic) bond motifs is 2. The molecule has 4 heteroatoms. The van der Waals surface area contributed by atoms with E-state index in [0.717, 1.165) is 36.8 Å². The zero-order valence-electron chi connectivity index (χ0n) is 15.8. The highest BCUT2D eigenvalue weighted by molar-refractivity contribution is 5.67. The largest absolute Gasteiger partial charge is 0.448 e. The van der Waals surface area contributed by atoms with Crippen LogP contribution in [0.3, 0.4) is 0 Å². The van der Waals surface area contributed by atoms with Crippen LogP contribution in [0.25, 0.3) is 0 Å². The number of piperidine rings is 1. The second-order valence-electron chi connectivity index (χ2n) is 7.84. The molecule has 0 saturated carbocycles. The summed E-state index contributed by atoms with van der Waals surface area (Å²) in [5.41, 5.74) is 1.12. The normalized spacial score (nSPS) is 25.3. The summed E-state index contributed by atoms with van der Waals surface area (Å²) < 4.78 is 6.12. The fraction of sp³-hybridized carbons (Fsp3) is 0.435. The minimum atomic E-state index is -0.850. The number of rotatable bonds is 5. The lowest BCUT2D eigenvalue weighted by atomic mass is 9.84. The summed E-state index contributed by atoms with van der Waals surface area (Å²) in [6, 6.07) is 20.8. The minimum absolute atomic E-state index is 0.213. The van der Waals surface area contributed by atoms with Gasteiger partial charge in [0, 0.05) is 36.7 Å². The van der Waals surface area contributed by atoms with Gasteiger partial charge in [0.1, 0.15) is 0 Å². The number of nitrogens with zero attached hydrogens (tertiary/aromatic N) is 1. The summed E-state index contributed by atoms with van der Waals surface area (Å²) in [5, 5.41) is 10.2. The first-order chi connectivity index (χ1) is 13.1. The average Bonchev–Trinajstić information content (AvgIpc) is 2.91. The molecule has 2 aromatic carbocycles. The Morgan fingerprint density at radius 2 is 1.48 bits per heavy atom. The van der Waals surface area contributed by atoms with Gasteiger partial charge in [-0.15, -0.1) is 0 Å². The maximum absolute atomic E-state index is 12.2. The zero-order valence-corrected chi connectivity index (χ0v) is 15.8. The Labute approximate surface area is 160 Å². The number of esters is 1. The van der Waals surface area contributed by atoms with Crippen LogP contribution in [0.4, 0.5) is 0 Å². The second-order valence-corrected chi connectivity index (χ2v) is 7.84. The highest BCUT2D eigenvalue weighted by Crippen LogP contribution is 2.42. The summed E-state index contributed by atoms with van der Waals surface area (Å²) >= 11 is 0. The Kier molecular flexibility index (Phi) is 5.02. The molecule has 0 aliphatic carbocycles. The van der Waals surface area contributed by atoms with Crippen molar-refractivity contribution in [1.29, 1.82) is 0 Å². The Balaban J connectivity index is 1.79. The molecule has 4 nitrogen and oxygen atoms in total. The van der Waals surface area contributed by atoms with Gasteiger partial charge in [0.25, 0.3) is 0 Å². The molecule has 2 aromatic rings. The topological polar surface area (TPSA) is 49.8 Å². The van der Waals surface area contributed by atoms with Crippen molar-refractivity contribution in [3.05, 3.63) is 71.8 Å². The first kappa shape index (κ1) is 18.2. The lowest BCUT2D eigenvalue weighted by Crippen LogP contribution is -2.52. The molecule has 1 N–H and O–H groups in total. The van der Waals surface area contributed by atoms with Gasteiger partial charge in [-0.3, -0.25) is 9.69 Å². The molecule has 142 valence electrons. The summed E-state index contributed by atoms with van der Waals surface area (Å²) in [7, 11) is 0. The quantitative estimate of drug-likeness (QED) is 0.824. The van der Waals surface area contributed by atoms with E-state index in [1.54, 1.807) is 0 Å². The van der Waals surface area contributed by atoms with E-state index in [1.165, 1.54) is 6.92 Å². The molecule has 0 spiro atoms. The van der Waals surface area contributed by atoms with E-state index in [9.17, 15) is 9.90 Å². The van der Waals surface area contributed by atoms with E-state index in [-0.39, 0.29) is 12.1 Å².